The van der Waals surface area contributed by atoms with E-state index in [9.17, 15) is 19.7 Å². The van der Waals surface area contributed by atoms with Crippen LogP contribution in [0.25, 0.3) is 0 Å². The molecule has 1 unspecified atom stereocenters. The molecule has 0 spiro atoms. The molecule has 1 atom stereocenters. The number of dihydropyridines is 1. The van der Waals surface area contributed by atoms with Gasteiger partial charge in [0.2, 0.25) is 0 Å². The van der Waals surface area contributed by atoms with Crippen LogP contribution in [0.15, 0.2) is 40.7 Å². The molecule has 0 aromatic heterocycles. The Balaban J connectivity index is 2.12. The molecule has 0 bridgehead atoms. The lowest BCUT2D eigenvalue weighted by Gasteiger charge is -2.34. The van der Waals surface area contributed by atoms with Gasteiger partial charge in [0.15, 0.2) is 5.78 Å². The van der Waals surface area contributed by atoms with Crippen LogP contribution in [0.3, 0.4) is 0 Å². The minimum absolute atomic E-state index is 0.0122. The van der Waals surface area contributed by atoms with Gasteiger partial charge in [-0.3, -0.25) is 14.9 Å². The molecule has 1 heterocycles. The Labute approximate surface area is 172 Å². The van der Waals surface area contributed by atoms with Crippen molar-refractivity contribution in [3.05, 3.63) is 61.4 Å². The third kappa shape index (κ3) is 4.18. The van der Waals surface area contributed by atoms with E-state index in [4.69, 9.17) is 21.1 Å². The lowest BCUT2D eigenvalue weighted by Crippen LogP contribution is -2.34. The number of nitrogens with zero attached hydrogens (tertiary/aromatic N) is 1. The molecule has 1 aliphatic heterocycles. The molecule has 0 fully saturated rings. The number of esters is 1. The largest absolute Gasteiger partial charge is 0.460 e. The van der Waals surface area contributed by atoms with Gasteiger partial charge < -0.3 is 14.8 Å². The second-order valence-corrected chi connectivity index (χ2v) is 7.27. The van der Waals surface area contributed by atoms with Crippen molar-refractivity contribution in [2.24, 2.45) is 0 Å². The Bertz CT molecular complexity index is 937. The molecule has 29 heavy (non-hydrogen) atoms. The Morgan fingerprint density at radius 1 is 1.34 bits per heavy atom. The van der Waals surface area contributed by atoms with E-state index in [0.29, 0.717) is 36.1 Å². The van der Waals surface area contributed by atoms with Gasteiger partial charge in [-0.15, -0.1) is 0 Å². The topological polar surface area (TPSA) is 108 Å². The number of carbonyl (C=O) groups excluding carboxylic acids is 2. The molecule has 1 aromatic rings. The van der Waals surface area contributed by atoms with E-state index in [2.05, 4.69) is 5.32 Å². The Hall–Kier alpha value is -2.71. The van der Waals surface area contributed by atoms with Gasteiger partial charge in [-0.1, -0.05) is 17.7 Å². The average Bonchev–Trinajstić information content (AvgIpc) is 2.67. The number of hydrogen-bond acceptors (Lipinski definition) is 7. The Kier molecular flexibility index (Phi) is 6.34. The second kappa shape index (κ2) is 8.75. The lowest BCUT2D eigenvalue weighted by molar-refractivity contribution is -0.384. The van der Waals surface area contributed by atoms with Crippen LogP contribution in [0.5, 0.6) is 0 Å². The van der Waals surface area contributed by atoms with Gasteiger partial charge in [0.1, 0.15) is 11.6 Å². The maximum Gasteiger partial charge on any atom is 0.336 e. The lowest BCUT2D eigenvalue weighted by atomic mass is 9.75. The zero-order valence-corrected chi connectivity index (χ0v) is 16.9. The number of allylic oxidation sites excluding steroid dienone is 3. The van der Waals surface area contributed by atoms with E-state index >= 15 is 0 Å². The molecule has 1 N–H and O–H groups in total. The SMILES string of the molecule is COCCOC(=O)C1=C(C)NC2=C(C(=O)CCC2)C1c1ccc(Cl)c([N+](=O)[O-])c1. The van der Waals surface area contributed by atoms with Gasteiger partial charge in [0, 0.05) is 42.5 Å². The number of nitrogens with one attached hydrogen (secondary N) is 1. The maximum absolute atomic E-state index is 12.9. The summed E-state index contributed by atoms with van der Waals surface area (Å²) < 4.78 is 10.2. The molecule has 2 aliphatic rings. The van der Waals surface area contributed by atoms with Crippen molar-refractivity contribution in [3.63, 3.8) is 0 Å². The molecule has 0 radical (unpaired) electrons. The highest BCUT2D eigenvalue weighted by Gasteiger charge is 2.39. The summed E-state index contributed by atoms with van der Waals surface area (Å²) in [7, 11) is 1.49. The van der Waals surface area contributed by atoms with Crippen molar-refractivity contribution in [1.82, 2.24) is 5.32 Å². The van der Waals surface area contributed by atoms with Crippen molar-refractivity contribution in [3.8, 4) is 0 Å². The molecule has 8 nitrogen and oxygen atoms in total. The number of ether oxygens (including phenoxy) is 2. The highest BCUT2D eigenvalue weighted by molar-refractivity contribution is 6.32. The van der Waals surface area contributed by atoms with Crippen LogP contribution in [0, 0.1) is 10.1 Å². The van der Waals surface area contributed by atoms with Crippen molar-refractivity contribution >= 4 is 29.0 Å². The Morgan fingerprint density at radius 2 is 2.10 bits per heavy atom. The minimum Gasteiger partial charge on any atom is -0.460 e. The van der Waals surface area contributed by atoms with Gasteiger partial charge in [0.25, 0.3) is 5.69 Å². The summed E-state index contributed by atoms with van der Waals surface area (Å²) in [5.41, 5.74) is 2.18. The van der Waals surface area contributed by atoms with Crippen LogP contribution < -0.4 is 5.32 Å². The number of carbonyl (C=O) groups is 2. The number of ketones is 1. The quantitative estimate of drug-likeness (QED) is 0.325. The molecule has 9 heteroatoms. The fourth-order valence-corrected chi connectivity index (χ4v) is 3.92. The molecule has 1 aliphatic carbocycles. The van der Waals surface area contributed by atoms with Crippen LogP contribution in [0.1, 0.15) is 37.7 Å². The van der Waals surface area contributed by atoms with Crippen LogP contribution in [-0.4, -0.2) is 37.0 Å². The second-order valence-electron chi connectivity index (χ2n) is 6.86. The number of halogens is 1. The zero-order valence-electron chi connectivity index (χ0n) is 16.1. The van der Waals surface area contributed by atoms with Crippen molar-refractivity contribution in [2.75, 3.05) is 20.3 Å². The predicted molar refractivity (Wildman–Crippen MR) is 105 cm³/mol. The summed E-state index contributed by atoms with van der Waals surface area (Å²) in [6.07, 6.45) is 1.73. The number of hydrogen-bond donors (Lipinski definition) is 1. The van der Waals surface area contributed by atoms with E-state index in [0.717, 1.165) is 5.70 Å². The van der Waals surface area contributed by atoms with E-state index in [1.54, 1.807) is 13.0 Å². The minimum atomic E-state index is -0.759. The van der Waals surface area contributed by atoms with Gasteiger partial charge in [-0.25, -0.2) is 4.79 Å². The molecule has 1 aromatic carbocycles. The van der Waals surface area contributed by atoms with Gasteiger partial charge in [0.05, 0.1) is 17.1 Å². The van der Waals surface area contributed by atoms with E-state index in [1.165, 1.54) is 19.2 Å². The van der Waals surface area contributed by atoms with Gasteiger partial charge >= 0.3 is 5.97 Å². The number of nitro benzene ring substituents is 1. The molecule has 0 saturated carbocycles. The maximum atomic E-state index is 12.9. The summed E-state index contributed by atoms with van der Waals surface area (Å²) in [5, 5.41) is 14.5. The molecular formula is C20H21ClN2O6. The first-order chi connectivity index (χ1) is 13.8. The molecule has 0 amide bonds. The van der Waals surface area contributed by atoms with Crippen LogP contribution >= 0.6 is 11.6 Å². The fourth-order valence-electron chi connectivity index (χ4n) is 3.73. The fraction of sp³-hybridized carbons (Fsp3) is 0.400. The number of Topliss-reactive ketones (excluding diaryl/α,β-unsaturated/α-hetero) is 1. The van der Waals surface area contributed by atoms with Crippen LogP contribution in [0.2, 0.25) is 5.02 Å². The summed E-state index contributed by atoms with van der Waals surface area (Å²) in [4.78, 5) is 36.4. The van der Waals surface area contributed by atoms with Crippen molar-refractivity contribution in [2.45, 2.75) is 32.1 Å². The third-order valence-electron chi connectivity index (χ3n) is 5.02. The number of rotatable bonds is 6. The first-order valence-electron chi connectivity index (χ1n) is 9.19. The first-order valence-corrected chi connectivity index (χ1v) is 9.56. The summed E-state index contributed by atoms with van der Waals surface area (Å²) in [6, 6.07) is 4.34. The Morgan fingerprint density at radius 3 is 2.79 bits per heavy atom. The number of nitro groups is 1. The third-order valence-corrected chi connectivity index (χ3v) is 5.34. The van der Waals surface area contributed by atoms with Gasteiger partial charge in [-0.2, -0.15) is 0 Å². The van der Waals surface area contributed by atoms with Crippen LogP contribution in [0.4, 0.5) is 5.69 Å². The molecule has 3 rings (SSSR count). The highest BCUT2D eigenvalue weighted by atomic mass is 35.5. The molecular weight excluding hydrogens is 400 g/mol. The summed E-state index contributed by atoms with van der Waals surface area (Å²) in [5.74, 6) is -1.44. The smallest absolute Gasteiger partial charge is 0.336 e. The van der Waals surface area contributed by atoms with E-state index < -0.39 is 16.8 Å². The van der Waals surface area contributed by atoms with Gasteiger partial charge in [-0.05, 0) is 31.4 Å². The molecule has 154 valence electrons. The number of benzene rings is 1. The van der Waals surface area contributed by atoms with Crippen molar-refractivity contribution < 1.29 is 24.0 Å². The average molecular weight is 421 g/mol. The van der Waals surface area contributed by atoms with E-state index in [-0.39, 0.29) is 35.3 Å². The zero-order chi connectivity index (χ0) is 21.1. The first kappa shape index (κ1) is 21.0. The summed E-state index contributed by atoms with van der Waals surface area (Å²) >= 11 is 5.96. The van der Waals surface area contributed by atoms with Crippen LogP contribution in [-0.2, 0) is 19.1 Å². The highest BCUT2D eigenvalue weighted by Crippen LogP contribution is 2.43. The van der Waals surface area contributed by atoms with Crippen molar-refractivity contribution in [1.29, 1.82) is 0 Å². The normalized spacial score (nSPS) is 19.0. The predicted octanol–water partition coefficient (Wildman–Crippen LogP) is 3.41. The monoisotopic (exact) mass is 420 g/mol. The number of methoxy groups -OCH3 is 1. The summed E-state index contributed by atoms with van der Waals surface area (Å²) in [6.45, 7) is 2.02. The standard InChI is InChI=1S/C20H21ClN2O6/c1-11-17(20(25)29-9-8-28-2)18(19-14(22-11)4-3-5-16(19)24)12-6-7-13(21)15(10-12)23(26)27/h6-7,10,18,22H,3-5,8-9H2,1-2H3. The van der Waals surface area contributed by atoms with E-state index in [1.807, 2.05) is 0 Å². The molecule has 0 saturated heterocycles.